The molecule has 0 aliphatic carbocycles. The van der Waals surface area contributed by atoms with E-state index in [1.807, 2.05) is 48.5 Å². The minimum Gasteiger partial charge on any atom is -0.483 e. The number of nitrogens with one attached hydrogen (secondary N) is 1. The number of rotatable bonds is 6. The fraction of sp³-hybridized carbons (Fsp3) is 0.0476. The number of hydrogen-bond donors (Lipinski definition) is 1. The zero-order valence-electron chi connectivity index (χ0n) is 14.2. The molecule has 0 radical (unpaired) electrons. The summed E-state index contributed by atoms with van der Waals surface area (Å²) in [6, 6.07) is 20.1. The minimum absolute atomic E-state index is 0.0621. The lowest BCUT2D eigenvalue weighted by atomic mass is 10.1. The Labute approximate surface area is 155 Å². The van der Waals surface area contributed by atoms with E-state index >= 15 is 0 Å². The van der Waals surface area contributed by atoms with Gasteiger partial charge in [0.05, 0.1) is 6.21 Å². The zero-order valence-corrected chi connectivity index (χ0v) is 14.2. The van der Waals surface area contributed by atoms with Gasteiger partial charge in [0.25, 0.3) is 5.91 Å². The number of nitrogens with zero attached hydrogens (tertiary/aromatic N) is 1. The predicted molar refractivity (Wildman–Crippen MR) is 99.5 cm³/mol. The molecule has 3 aromatic carbocycles. The van der Waals surface area contributed by atoms with Crippen LogP contribution in [0.5, 0.6) is 5.75 Å². The number of hydrogen-bond acceptors (Lipinski definition) is 3. The molecule has 3 rings (SSSR count). The molecule has 0 atom stereocenters. The third kappa shape index (κ3) is 4.98. The third-order valence-corrected chi connectivity index (χ3v) is 3.69. The average molecular weight is 366 g/mol. The van der Waals surface area contributed by atoms with Gasteiger partial charge in [0.15, 0.2) is 6.61 Å². The first-order valence-corrected chi connectivity index (χ1v) is 8.17. The highest BCUT2D eigenvalue weighted by atomic mass is 19.1. The molecular formula is C21H16F2N2O2. The minimum atomic E-state index is -0.763. The van der Waals surface area contributed by atoms with Gasteiger partial charge in [0.2, 0.25) is 0 Å². The van der Waals surface area contributed by atoms with Crippen molar-refractivity contribution in [2.45, 2.75) is 0 Å². The molecule has 0 aliphatic rings. The Morgan fingerprint density at radius 2 is 1.74 bits per heavy atom. The summed E-state index contributed by atoms with van der Waals surface area (Å²) in [5.41, 5.74) is 4.14. The lowest BCUT2D eigenvalue weighted by molar-refractivity contribution is -0.123. The Hall–Kier alpha value is -3.54. The van der Waals surface area contributed by atoms with Gasteiger partial charge in [-0.1, -0.05) is 48.5 Å². The third-order valence-electron chi connectivity index (χ3n) is 3.69. The molecule has 1 amide bonds. The lowest BCUT2D eigenvalue weighted by Crippen LogP contribution is -2.24. The molecule has 136 valence electrons. The van der Waals surface area contributed by atoms with Crippen molar-refractivity contribution < 1.29 is 18.3 Å². The van der Waals surface area contributed by atoms with Gasteiger partial charge < -0.3 is 4.74 Å². The molecule has 6 heteroatoms. The standard InChI is InChI=1S/C21H16F2N2O2/c22-17-11-10-16(19(23)12-17)13-24-25-21(26)14-27-20-9-5-4-8-18(20)15-6-2-1-3-7-15/h1-13H,14H2,(H,25,26)/b24-13-. The molecule has 0 saturated carbocycles. The molecule has 3 aromatic rings. The normalized spacial score (nSPS) is 10.7. The van der Waals surface area contributed by atoms with Crippen molar-refractivity contribution in [3.05, 3.63) is 90.0 Å². The summed E-state index contributed by atoms with van der Waals surface area (Å²) in [5.74, 6) is -1.38. The van der Waals surface area contributed by atoms with Crippen LogP contribution in [0.3, 0.4) is 0 Å². The van der Waals surface area contributed by atoms with E-state index in [0.717, 1.165) is 29.5 Å². The molecule has 0 aromatic heterocycles. The number of hydrazone groups is 1. The van der Waals surface area contributed by atoms with E-state index in [-0.39, 0.29) is 12.2 Å². The second kappa shape index (κ2) is 8.71. The highest BCUT2D eigenvalue weighted by molar-refractivity contribution is 5.83. The number of amides is 1. The largest absolute Gasteiger partial charge is 0.483 e. The lowest BCUT2D eigenvalue weighted by Gasteiger charge is -2.10. The maximum Gasteiger partial charge on any atom is 0.277 e. The summed E-state index contributed by atoms with van der Waals surface area (Å²) in [6.45, 7) is -0.257. The maximum absolute atomic E-state index is 13.5. The Kier molecular flexibility index (Phi) is 5.89. The molecule has 0 saturated heterocycles. The number of benzene rings is 3. The summed E-state index contributed by atoms with van der Waals surface area (Å²) in [7, 11) is 0. The number of halogens is 2. The number of carbonyl (C=O) groups excluding carboxylic acids is 1. The molecule has 0 unspecified atom stereocenters. The quantitative estimate of drug-likeness (QED) is 0.526. The Morgan fingerprint density at radius 3 is 2.52 bits per heavy atom. The monoisotopic (exact) mass is 366 g/mol. The van der Waals surface area contributed by atoms with E-state index in [4.69, 9.17) is 4.74 Å². The number of carbonyl (C=O) groups is 1. The molecule has 4 nitrogen and oxygen atoms in total. The van der Waals surface area contributed by atoms with Crippen LogP contribution in [-0.2, 0) is 4.79 Å². The molecular weight excluding hydrogens is 350 g/mol. The van der Waals surface area contributed by atoms with Crippen molar-refractivity contribution in [1.29, 1.82) is 0 Å². The number of para-hydroxylation sites is 1. The van der Waals surface area contributed by atoms with Crippen LogP contribution in [0.2, 0.25) is 0 Å². The fourth-order valence-corrected chi connectivity index (χ4v) is 2.40. The van der Waals surface area contributed by atoms with E-state index in [9.17, 15) is 13.6 Å². The second-order valence-electron chi connectivity index (χ2n) is 5.61. The molecule has 0 spiro atoms. The first-order chi connectivity index (χ1) is 13.1. The van der Waals surface area contributed by atoms with E-state index in [2.05, 4.69) is 10.5 Å². The molecule has 0 bridgehead atoms. The van der Waals surface area contributed by atoms with Crippen LogP contribution < -0.4 is 10.2 Å². The van der Waals surface area contributed by atoms with E-state index in [1.54, 1.807) is 6.07 Å². The second-order valence-corrected chi connectivity index (χ2v) is 5.61. The van der Waals surface area contributed by atoms with Crippen LogP contribution in [0.4, 0.5) is 8.78 Å². The van der Waals surface area contributed by atoms with E-state index < -0.39 is 17.5 Å². The molecule has 0 heterocycles. The molecule has 0 aliphatic heterocycles. The van der Waals surface area contributed by atoms with Crippen LogP contribution in [0.15, 0.2) is 77.9 Å². The number of ether oxygens (including phenoxy) is 1. The van der Waals surface area contributed by atoms with Gasteiger partial charge in [0, 0.05) is 17.2 Å². The maximum atomic E-state index is 13.5. The Bertz CT molecular complexity index is 959. The first-order valence-electron chi connectivity index (χ1n) is 8.17. The van der Waals surface area contributed by atoms with E-state index in [1.165, 1.54) is 6.07 Å². The van der Waals surface area contributed by atoms with Crippen LogP contribution in [-0.4, -0.2) is 18.7 Å². The van der Waals surface area contributed by atoms with Gasteiger partial charge >= 0.3 is 0 Å². The molecule has 0 fully saturated rings. The average Bonchev–Trinajstić information content (AvgIpc) is 2.69. The summed E-state index contributed by atoms with van der Waals surface area (Å²) < 4.78 is 31.9. The summed E-state index contributed by atoms with van der Waals surface area (Å²) in [5, 5.41) is 3.66. The highest BCUT2D eigenvalue weighted by Crippen LogP contribution is 2.29. The van der Waals surface area contributed by atoms with Crippen LogP contribution >= 0.6 is 0 Å². The zero-order chi connectivity index (χ0) is 19.1. The molecule has 1 N–H and O–H groups in total. The van der Waals surface area contributed by atoms with Gasteiger partial charge in [-0.05, 0) is 23.8 Å². The van der Waals surface area contributed by atoms with Crippen LogP contribution in [0.25, 0.3) is 11.1 Å². The van der Waals surface area contributed by atoms with Crippen LogP contribution in [0, 0.1) is 11.6 Å². The first kappa shape index (κ1) is 18.3. The SMILES string of the molecule is O=C(COc1ccccc1-c1ccccc1)N/N=C\c1ccc(F)cc1F. The van der Waals surface area contributed by atoms with Crippen molar-refractivity contribution in [3.63, 3.8) is 0 Å². The smallest absolute Gasteiger partial charge is 0.277 e. The topological polar surface area (TPSA) is 50.7 Å². The predicted octanol–water partition coefficient (Wildman–Crippen LogP) is 4.16. The molecule has 27 heavy (non-hydrogen) atoms. The summed E-state index contributed by atoms with van der Waals surface area (Å²) >= 11 is 0. The summed E-state index contributed by atoms with van der Waals surface area (Å²) in [6.07, 6.45) is 1.10. The highest BCUT2D eigenvalue weighted by Gasteiger charge is 2.08. The van der Waals surface area contributed by atoms with Gasteiger partial charge in [-0.25, -0.2) is 14.2 Å². The Morgan fingerprint density at radius 1 is 1.00 bits per heavy atom. The Balaban J connectivity index is 1.59. The van der Waals surface area contributed by atoms with Crippen molar-refractivity contribution in [2.24, 2.45) is 5.10 Å². The van der Waals surface area contributed by atoms with Gasteiger partial charge in [0.1, 0.15) is 17.4 Å². The van der Waals surface area contributed by atoms with Crippen molar-refractivity contribution >= 4 is 12.1 Å². The van der Waals surface area contributed by atoms with Crippen molar-refractivity contribution in [3.8, 4) is 16.9 Å². The van der Waals surface area contributed by atoms with Crippen molar-refractivity contribution in [2.75, 3.05) is 6.61 Å². The van der Waals surface area contributed by atoms with Gasteiger partial charge in [-0.3, -0.25) is 4.79 Å². The van der Waals surface area contributed by atoms with Crippen LogP contribution in [0.1, 0.15) is 5.56 Å². The van der Waals surface area contributed by atoms with E-state index in [0.29, 0.717) is 5.75 Å². The van der Waals surface area contributed by atoms with Gasteiger partial charge in [-0.2, -0.15) is 5.10 Å². The van der Waals surface area contributed by atoms with Crippen molar-refractivity contribution in [1.82, 2.24) is 5.43 Å². The van der Waals surface area contributed by atoms with Gasteiger partial charge in [-0.15, -0.1) is 0 Å². The summed E-state index contributed by atoms with van der Waals surface area (Å²) in [4.78, 5) is 11.9. The fourth-order valence-electron chi connectivity index (χ4n) is 2.40.